The molecule has 0 atom stereocenters. The van der Waals surface area contributed by atoms with Gasteiger partial charge in [-0.25, -0.2) is 4.52 Å². The van der Waals surface area contributed by atoms with E-state index in [2.05, 4.69) is 10.1 Å². The van der Waals surface area contributed by atoms with Crippen molar-refractivity contribution in [2.24, 2.45) is 0 Å². The molecule has 0 unspecified atom stereocenters. The minimum absolute atomic E-state index is 0.0279. The number of aryl methyl sites for hydroxylation is 1. The molecule has 0 saturated carbocycles. The topological polar surface area (TPSA) is 99.3 Å². The van der Waals surface area contributed by atoms with Crippen LogP contribution in [0.15, 0.2) is 12.3 Å². The predicted octanol–water partition coefficient (Wildman–Crippen LogP) is 0.528. The van der Waals surface area contributed by atoms with Crippen LogP contribution < -0.4 is 5.73 Å². The van der Waals surface area contributed by atoms with E-state index in [-0.39, 0.29) is 11.6 Å². The smallest absolute Gasteiger partial charge is 0.288 e. The molecule has 0 fully saturated rings. The standard InChI is InChI=1S/C7H7N5O2/c1-4-2-5(12(13)14)3-11-6(4)9-7(8)10-11/h2-3H,1H3,(H2,8,10). The first-order valence-corrected chi connectivity index (χ1v) is 3.85. The van der Waals surface area contributed by atoms with Crippen LogP contribution in [0.3, 0.4) is 0 Å². The Balaban J connectivity index is 2.77. The molecule has 2 aromatic rings. The van der Waals surface area contributed by atoms with Gasteiger partial charge in [-0.05, 0) is 6.92 Å². The molecule has 0 saturated heterocycles. The summed E-state index contributed by atoms with van der Waals surface area (Å²) in [7, 11) is 0. The molecule has 72 valence electrons. The fourth-order valence-corrected chi connectivity index (χ4v) is 1.25. The molecule has 14 heavy (non-hydrogen) atoms. The molecule has 2 N–H and O–H groups in total. The van der Waals surface area contributed by atoms with Crippen molar-refractivity contribution in [3.05, 3.63) is 27.9 Å². The highest BCUT2D eigenvalue weighted by Crippen LogP contribution is 2.16. The van der Waals surface area contributed by atoms with E-state index < -0.39 is 4.92 Å². The first-order chi connectivity index (χ1) is 6.58. The van der Waals surface area contributed by atoms with E-state index in [9.17, 15) is 10.1 Å². The Bertz CT molecular complexity index is 518. The zero-order valence-electron chi connectivity index (χ0n) is 7.34. The lowest BCUT2D eigenvalue weighted by Gasteiger charge is -1.95. The van der Waals surface area contributed by atoms with Crippen LogP contribution in [-0.4, -0.2) is 19.5 Å². The van der Waals surface area contributed by atoms with E-state index in [0.717, 1.165) is 0 Å². The normalized spacial score (nSPS) is 10.6. The van der Waals surface area contributed by atoms with Gasteiger partial charge in [-0.3, -0.25) is 10.1 Å². The quantitative estimate of drug-likeness (QED) is 0.526. The Labute approximate surface area is 78.3 Å². The van der Waals surface area contributed by atoms with Crippen LogP contribution in [0.25, 0.3) is 5.65 Å². The van der Waals surface area contributed by atoms with Gasteiger partial charge in [0, 0.05) is 11.6 Å². The summed E-state index contributed by atoms with van der Waals surface area (Å²) in [6.45, 7) is 1.72. The second kappa shape index (κ2) is 2.66. The lowest BCUT2D eigenvalue weighted by atomic mass is 10.3. The van der Waals surface area contributed by atoms with E-state index in [0.29, 0.717) is 11.2 Å². The summed E-state index contributed by atoms with van der Waals surface area (Å²) < 4.78 is 1.31. The predicted molar refractivity (Wildman–Crippen MR) is 48.8 cm³/mol. The highest BCUT2D eigenvalue weighted by atomic mass is 16.6. The van der Waals surface area contributed by atoms with Gasteiger partial charge < -0.3 is 5.73 Å². The van der Waals surface area contributed by atoms with Crippen molar-refractivity contribution in [1.29, 1.82) is 0 Å². The van der Waals surface area contributed by atoms with Gasteiger partial charge in [-0.1, -0.05) is 0 Å². The van der Waals surface area contributed by atoms with Gasteiger partial charge in [0.05, 0.1) is 4.92 Å². The molecule has 2 rings (SSSR count). The largest absolute Gasteiger partial charge is 0.366 e. The summed E-state index contributed by atoms with van der Waals surface area (Å²) in [6, 6.07) is 1.43. The molecule has 0 aliphatic rings. The highest BCUT2D eigenvalue weighted by Gasteiger charge is 2.11. The summed E-state index contributed by atoms with van der Waals surface area (Å²) in [5.74, 6) is 0.105. The summed E-state index contributed by atoms with van der Waals surface area (Å²) in [6.07, 6.45) is 1.28. The van der Waals surface area contributed by atoms with Crippen LogP contribution in [0.4, 0.5) is 11.6 Å². The summed E-state index contributed by atoms with van der Waals surface area (Å²) >= 11 is 0. The van der Waals surface area contributed by atoms with Gasteiger partial charge in [0.2, 0.25) is 5.95 Å². The third-order valence-electron chi connectivity index (χ3n) is 1.83. The second-order valence-corrected chi connectivity index (χ2v) is 2.88. The Morgan fingerprint density at radius 2 is 2.36 bits per heavy atom. The van der Waals surface area contributed by atoms with Gasteiger partial charge in [0.1, 0.15) is 6.20 Å². The second-order valence-electron chi connectivity index (χ2n) is 2.88. The van der Waals surface area contributed by atoms with Gasteiger partial charge >= 0.3 is 0 Å². The van der Waals surface area contributed by atoms with Gasteiger partial charge in [0.25, 0.3) is 5.69 Å². The lowest BCUT2D eigenvalue weighted by molar-refractivity contribution is -0.385. The average molecular weight is 193 g/mol. The van der Waals surface area contributed by atoms with Crippen molar-refractivity contribution >= 4 is 17.3 Å². The fraction of sp³-hybridized carbons (Fsp3) is 0.143. The maximum Gasteiger partial charge on any atom is 0.288 e. The summed E-state index contributed by atoms with van der Waals surface area (Å²) in [5, 5.41) is 14.3. The number of nitro groups is 1. The van der Waals surface area contributed by atoms with Crippen LogP contribution in [-0.2, 0) is 0 Å². The minimum Gasteiger partial charge on any atom is -0.366 e. The molecule has 7 nitrogen and oxygen atoms in total. The van der Waals surface area contributed by atoms with E-state index >= 15 is 0 Å². The van der Waals surface area contributed by atoms with Crippen LogP contribution in [0.5, 0.6) is 0 Å². The number of fused-ring (bicyclic) bond motifs is 1. The molecule has 0 aliphatic carbocycles. The van der Waals surface area contributed by atoms with Crippen LogP contribution >= 0.6 is 0 Å². The van der Waals surface area contributed by atoms with Crippen molar-refractivity contribution < 1.29 is 4.92 Å². The third kappa shape index (κ3) is 1.15. The number of pyridine rings is 1. The van der Waals surface area contributed by atoms with Crippen molar-refractivity contribution in [2.45, 2.75) is 6.92 Å². The lowest BCUT2D eigenvalue weighted by Crippen LogP contribution is -1.95. The molecule has 0 aliphatic heterocycles. The monoisotopic (exact) mass is 193 g/mol. The zero-order valence-corrected chi connectivity index (χ0v) is 7.34. The Hall–Kier alpha value is -2.18. The molecule has 0 bridgehead atoms. The van der Waals surface area contributed by atoms with E-state index in [1.165, 1.54) is 16.8 Å². The summed E-state index contributed by atoms with van der Waals surface area (Å²) in [5.41, 5.74) is 6.55. The van der Waals surface area contributed by atoms with Crippen LogP contribution in [0, 0.1) is 17.0 Å². The SMILES string of the molecule is Cc1cc([N+](=O)[O-])cn2nc(N)nc12. The number of rotatable bonds is 1. The number of anilines is 1. The number of aromatic nitrogens is 3. The molecular formula is C7H7N5O2. The van der Waals surface area contributed by atoms with Crippen LogP contribution in [0.2, 0.25) is 0 Å². The number of nitrogen functional groups attached to an aromatic ring is 1. The average Bonchev–Trinajstić information content (AvgIpc) is 2.45. The minimum atomic E-state index is -0.482. The molecule has 0 amide bonds. The Morgan fingerprint density at radius 1 is 1.64 bits per heavy atom. The number of hydrogen-bond acceptors (Lipinski definition) is 5. The van der Waals surface area contributed by atoms with Crippen molar-refractivity contribution in [3.8, 4) is 0 Å². The van der Waals surface area contributed by atoms with E-state index in [1.54, 1.807) is 6.92 Å². The van der Waals surface area contributed by atoms with Gasteiger partial charge in [-0.2, -0.15) is 4.98 Å². The Morgan fingerprint density at radius 3 is 3.00 bits per heavy atom. The first kappa shape index (κ1) is 8.42. The van der Waals surface area contributed by atoms with E-state index in [1.807, 2.05) is 0 Å². The fourth-order valence-electron chi connectivity index (χ4n) is 1.25. The Kier molecular flexibility index (Phi) is 1.60. The van der Waals surface area contributed by atoms with Crippen molar-refractivity contribution in [3.63, 3.8) is 0 Å². The van der Waals surface area contributed by atoms with Gasteiger partial charge in [-0.15, -0.1) is 5.10 Å². The molecule has 7 heteroatoms. The van der Waals surface area contributed by atoms with Crippen LogP contribution in [0.1, 0.15) is 5.56 Å². The van der Waals surface area contributed by atoms with E-state index in [4.69, 9.17) is 5.73 Å². The number of nitrogens with two attached hydrogens (primary N) is 1. The number of hydrogen-bond donors (Lipinski definition) is 1. The zero-order chi connectivity index (χ0) is 10.3. The molecule has 0 spiro atoms. The van der Waals surface area contributed by atoms with Crippen molar-refractivity contribution in [2.75, 3.05) is 5.73 Å². The molecule has 0 aromatic carbocycles. The third-order valence-corrected chi connectivity index (χ3v) is 1.83. The van der Waals surface area contributed by atoms with Gasteiger partial charge in [0.15, 0.2) is 5.65 Å². The highest BCUT2D eigenvalue weighted by molar-refractivity contribution is 5.53. The maximum atomic E-state index is 10.5. The first-order valence-electron chi connectivity index (χ1n) is 3.85. The molecular weight excluding hydrogens is 186 g/mol. The summed E-state index contributed by atoms with van der Waals surface area (Å²) in [4.78, 5) is 14.0. The van der Waals surface area contributed by atoms with Crippen molar-refractivity contribution in [1.82, 2.24) is 14.6 Å². The molecule has 0 radical (unpaired) electrons. The molecule has 2 aromatic heterocycles. The number of nitrogens with zero attached hydrogens (tertiary/aromatic N) is 4. The molecule has 2 heterocycles. The maximum absolute atomic E-state index is 10.5.